The summed E-state index contributed by atoms with van der Waals surface area (Å²) in [5, 5.41) is 11.1. The molecule has 4 heteroatoms. The van der Waals surface area contributed by atoms with E-state index >= 15 is 0 Å². The van der Waals surface area contributed by atoms with Crippen LogP contribution in [0.25, 0.3) is 0 Å². The van der Waals surface area contributed by atoms with E-state index in [0.717, 1.165) is 25.7 Å². The Morgan fingerprint density at radius 3 is 2.64 bits per heavy atom. The number of piperidine rings is 1. The first-order valence-corrected chi connectivity index (χ1v) is 4.98. The largest absolute Gasteiger partial charge is 0.295 e. The first-order chi connectivity index (χ1) is 6.74. The maximum atomic E-state index is 11.5. The van der Waals surface area contributed by atoms with Crippen LogP contribution in [0.5, 0.6) is 0 Å². The number of nitrogens with one attached hydrogen (secondary N) is 1. The molecule has 1 saturated heterocycles. The molecule has 74 valence electrons. The smallest absolute Gasteiger partial charge is 0.244 e. The molecule has 1 heterocycles. The molecule has 0 aromatic heterocycles. The molecule has 0 bridgehead atoms. The van der Waals surface area contributed by atoms with Crippen LogP contribution >= 0.6 is 0 Å². The standard InChI is InChI=1S/C10H12N2O2/c11-5-8-6-3-1-2-4-7(6)9(13)12-10(8)14/h6-8H,1-4H2,(H,12,13,14)/t6-,7-,8-/m0/s1. The summed E-state index contributed by atoms with van der Waals surface area (Å²) >= 11 is 0. The zero-order chi connectivity index (χ0) is 10.1. The Hall–Kier alpha value is -1.37. The molecule has 0 radical (unpaired) electrons. The summed E-state index contributed by atoms with van der Waals surface area (Å²) < 4.78 is 0. The first kappa shape index (κ1) is 9.20. The third-order valence-electron chi connectivity index (χ3n) is 3.25. The maximum Gasteiger partial charge on any atom is 0.244 e. The Morgan fingerprint density at radius 1 is 1.21 bits per heavy atom. The lowest BCUT2D eigenvalue weighted by atomic mass is 9.70. The fraction of sp³-hybridized carbons (Fsp3) is 0.700. The van der Waals surface area contributed by atoms with Crippen molar-refractivity contribution >= 4 is 11.8 Å². The van der Waals surface area contributed by atoms with Gasteiger partial charge in [0.1, 0.15) is 5.92 Å². The fourth-order valence-electron chi connectivity index (χ4n) is 2.52. The van der Waals surface area contributed by atoms with E-state index in [4.69, 9.17) is 5.26 Å². The van der Waals surface area contributed by atoms with Gasteiger partial charge in [0.2, 0.25) is 11.8 Å². The number of rotatable bonds is 0. The predicted octanol–water partition coefficient (Wildman–Crippen LogP) is 0.589. The highest BCUT2D eigenvalue weighted by atomic mass is 16.2. The zero-order valence-electron chi connectivity index (χ0n) is 7.82. The number of fused-ring (bicyclic) bond motifs is 1. The molecular formula is C10H12N2O2. The van der Waals surface area contributed by atoms with Crippen LogP contribution in [-0.2, 0) is 9.59 Å². The molecule has 1 aliphatic heterocycles. The number of nitriles is 1. The van der Waals surface area contributed by atoms with Crippen LogP contribution in [0.15, 0.2) is 0 Å². The van der Waals surface area contributed by atoms with Gasteiger partial charge in [-0.2, -0.15) is 5.26 Å². The Bertz CT molecular complexity index is 319. The minimum Gasteiger partial charge on any atom is -0.295 e. The number of imide groups is 1. The van der Waals surface area contributed by atoms with Crippen LogP contribution in [0.2, 0.25) is 0 Å². The van der Waals surface area contributed by atoms with Gasteiger partial charge in [-0.25, -0.2) is 0 Å². The minimum absolute atomic E-state index is 0.0324. The lowest BCUT2D eigenvalue weighted by Crippen LogP contribution is -2.52. The van der Waals surface area contributed by atoms with E-state index in [1.54, 1.807) is 0 Å². The topological polar surface area (TPSA) is 70.0 Å². The van der Waals surface area contributed by atoms with Gasteiger partial charge in [-0.15, -0.1) is 0 Å². The van der Waals surface area contributed by atoms with E-state index in [1.165, 1.54) is 0 Å². The van der Waals surface area contributed by atoms with Gasteiger partial charge in [-0.05, 0) is 18.8 Å². The highest BCUT2D eigenvalue weighted by Gasteiger charge is 2.44. The van der Waals surface area contributed by atoms with Gasteiger partial charge in [-0.3, -0.25) is 14.9 Å². The Balaban J connectivity index is 2.25. The number of hydrogen-bond acceptors (Lipinski definition) is 3. The Labute approximate surface area is 82.3 Å². The molecule has 2 rings (SSSR count). The van der Waals surface area contributed by atoms with Gasteiger partial charge in [0.25, 0.3) is 0 Å². The summed E-state index contributed by atoms with van der Waals surface area (Å²) in [5.41, 5.74) is 0. The average molecular weight is 192 g/mol. The molecule has 0 spiro atoms. The van der Waals surface area contributed by atoms with Crippen LogP contribution in [-0.4, -0.2) is 11.8 Å². The number of amides is 2. The minimum atomic E-state index is -0.613. The highest BCUT2D eigenvalue weighted by Crippen LogP contribution is 2.37. The molecule has 0 aromatic rings. The van der Waals surface area contributed by atoms with E-state index in [-0.39, 0.29) is 17.7 Å². The van der Waals surface area contributed by atoms with E-state index in [2.05, 4.69) is 5.32 Å². The molecular weight excluding hydrogens is 180 g/mol. The molecule has 1 aliphatic carbocycles. The van der Waals surface area contributed by atoms with Gasteiger partial charge >= 0.3 is 0 Å². The van der Waals surface area contributed by atoms with Crippen molar-refractivity contribution in [2.45, 2.75) is 25.7 Å². The van der Waals surface area contributed by atoms with E-state index in [0.29, 0.717) is 0 Å². The lowest BCUT2D eigenvalue weighted by molar-refractivity contribution is -0.143. The summed E-state index contributed by atoms with van der Waals surface area (Å²) in [6.45, 7) is 0. The van der Waals surface area contributed by atoms with E-state index < -0.39 is 11.8 Å². The van der Waals surface area contributed by atoms with Gasteiger partial charge in [0.15, 0.2) is 0 Å². The number of carbonyl (C=O) groups excluding carboxylic acids is 2. The number of hydrogen-bond donors (Lipinski definition) is 1. The van der Waals surface area contributed by atoms with Crippen LogP contribution < -0.4 is 5.32 Å². The molecule has 3 atom stereocenters. The Kier molecular flexibility index (Phi) is 2.24. The van der Waals surface area contributed by atoms with Crippen LogP contribution in [0.4, 0.5) is 0 Å². The van der Waals surface area contributed by atoms with Gasteiger partial charge in [-0.1, -0.05) is 12.8 Å². The summed E-state index contributed by atoms with van der Waals surface area (Å²) in [6.07, 6.45) is 3.71. The summed E-state index contributed by atoms with van der Waals surface area (Å²) in [4.78, 5) is 22.8. The molecule has 2 fully saturated rings. The third kappa shape index (κ3) is 1.29. The molecule has 1 N–H and O–H groups in total. The van der Waals surface area contributed by atoms with E-state index in [9.17, 15) is 9.59 Å². The van der Waals surface area contributed by atoms with Crippen molar-refractivity contribution in [3.63, 3.8) is 0 Å². The van der Waals surface area contributed by atoms with Crippen molar-refractivity contribution in [1.82, 2.24) is 5.32 Å². The van der Waals surface area contributed by atoms with Crippen molar-refractivity contribution in [3.05, 3.63) is 0 Å². The van der Waals surface area contributed by atoms with Crippen molar-refractivity contribution in [2.24, 2.45) is 17.8 Å². The summed E-state index contributed by atoms with van der Waals surface area (Å²) in [6, 6.07) is 2.01. The van der Waals surface area contributed by atoms with Gasteiger partial charge < -0.3 is 0 Å². The van der Waals surface area contributed by atoms with Crippen molar-refractivity contribution in [2.75, 3.05) is 0 Å². The fourth-order valence-corrected chi connectivity index (χ4v) is 2.52. The first-order valence-electron chi connectivity index (χ1n) is 4.98. The van der Waals surface area contributed by atoms with Crippen molar-refractivity contribution < 1.29 is 9.59 Å². The second kappa shape index (κ2) is 3.41. The van der Waals surface area contributed by atoms with Crippen molar-refractivity contribution in [3.8, 4) is 6.07 Å². The second-order valence-corrected chi connectivity index (χ2v) is 4.02. The molecule has 4 nitrogen and oxygen atoms in total. The summed E-state index contributed by atoms with van der Waals surface area (Å²) in [7, 11) is 0. The van der Waals surface area contributed by atoms with Gasteiger partial charge in [0, 0.05) is 5.92 Å². The van der Waals surface area contributed by atoms with Crippen molar-refractivity contribution in [1.29, 1.82) is 5.26 Å². The molecule has 2 amide bonds. The normalized spacial score (nSPS) is 36.9. The number of nitrogens with zero attached hydrogens (tertiary/aromatic N) is 1. The number of carbonyl (C=O) groups is 2. The van der Waals surface area contributed by atoms with Gasteiger partial charge in [0.05, 0.1) is 6.07 Å². The zero-order valence-corrected chi connectivity index (χ0v) is 7.82. The quantitative estimate of drug-likeness (QED) is 0.571. The molecule has 2 aliphatic rings. The molecule has 1 saturated carbocycles. The predicted molar refractivity (Wildman–Crippen MR) is 47.7 cm³/mol. The SMILES string of the molecule is N#C[C@@H]1C(=O)NC(=O)[C@H]2CCCC[C@H]12. The maximum absolute atomic E-state index is 11.5. The monoisotopic (exact) mass is 192 g/mol. The lowest BCUT2D eigenvalue weighted by Gasteiger charge is -2.36. The average Bonchev–Trinajstić information content (AvgIpc) is 2.18. The Morgan fingerprint density at radius 2 is 1.93 bits per heavy atom. The molecule has 0 aromatic carbocycles. The van der Waals surface area contributed by atoms with Crippen LogP contribution in [0.1, 0.15) is 25.7 Å². The second-order valence-electron chi connectivity index (χ2n) is 4.02. The van der Waals surface area contributed by atoms with Crippen LogP contribution in [0.3, 0.4) is 0 Å². The van der Waals surface area contributed by atoms with Crippen LogP contribution in [0, 0.1) is 29.1 Å². The summed E-state index contributed by atoms with van der Waals surface area (Å²) in [5.74, 6) is -1.33. The third-order valence-corrected chi connectivity index (χ3v) is 3.25. The van der Waals surface area contributed by atoms with E-state index in [1.807, 2.05) is 6.07 Å². The molecule has 14 heavy (non-hydrogen) atoms. The molecule has 0 unspecified atom stereocenters. The highest BCUT2D eigenvalue weighted by molar-refractivity contribution is 6.01.